The molecule has 1 aliphatic rings. The summed E-state index contributed by atoms with van der Waals surface area (Å²) in [7, 11) is 0. The zero-order chi connectivity index (χ0) is 26.4. The number of anilines is 1. The van der Waals surface area contributed by atoms with Crippen LogP contribution in [0.3, 0.4) is 0 Å². The van der Waals surface area contributed by atoms with E-state index in [0.29, 0.717) is 19.6 Å². The lowest BCUT2D eigenvalue weighted by atomic mass is 9.98. The van der Waals surface area contributed by atoms with E-state index in [2.05, 4.69) is 31.4 Å². The molecule has 194 valence electrons. The molecule has 15 heteroatoms. The number of nitrogens with zero attached hydrogens (tertiary/aromatic N) is 2. The summed E-state index contributed by atoms with van der Waals surface area (Å²) in [5, 5.41) is 25.3. The fourth-order valence-electron chi connectivity index (χ4n) is 2.58. The van der Waals surface area contributed by atoms with Crippen molar-refractivity contribution in [1.82, 2.24) is 20.9 Å². The molecule has 0 bridgehead atoms. The van der Waals surface area contributed by atoms with E-state index in [1.54, 1.807) is 20.8 Å². The number of carboxylic acids is 1. The van der Waals surface area contributed by atoms with Gasteiger partial charge in [0.1, 0.15) is 17.3 Å². The molecule has 0 aliphatic carbocycles. The number of oxime groups is 1. The molecule has 1 saturated heterocycles. The number of carbonyl (C=O) groups excluding carboxylic acids is 3. The highest BCUT2D eigenvalue weighted by Crippen LogP contribution is 2.19. The Morgan fingerprint density at radius 2 is 1.97 bits per heavy atom. The minimum absolute atomic E-state index is 0.00251. The summed E-state index contributed by atoms with van der Waals surface area (Å²) < 4.78 is 5.17. The second kappa shape index (κ2) is 11.4. The smallest absolute Gasteiger partial charge is 0.413 e. The molecular weight excluding hydrogens is 482 g/mol. The lowest BCUT2D eigenvalue weighted by molar-refractivity contribution is -0.161. The highest BCUT2D eigenvalue weighted by Gasteiger charge is 2.41. The quantitative estimate of drug-likeness (QED) is 0.0977. The maximum Gasteiger partial charge on any atom is 0.413 e. The van der Waals surface area contributed by atoms with Crippen LogP contribution in [0, 0.1) is 0 Å². The van der Waals surface area contributed by atoms with Gasteiger partial charge in [-0.1, -0.05) is 5.16 Å². The number of aliphatic carboxylic acids is 1. The molecular formula is C20H31N7O7S. The Bertz CT molecular complexity index is 987. The van der Waals surface area contributed by atoms with Crippen molar-refractivity contribution in [2.45, 2.75) is 57.9 Å². The number of nitrogens with two attached hydrogens (primary N) is 1. The minimum Gasteiger partial charge on any atom is -0.478 e. The molecule has 35 heavy (non-hydrogen) atoms. The van der Waals surface area contributed by atoms with Crippen molar-refractivity contribution in [2.75, 3.05) is 25.0 Å². The number of thiazole rings is 1. The molecule has 3 amide bonds. The summed E-state index contributed by atoms with van der Waals surface area (Å²) in [6, 6.07) is -1.24. The van der Waals surface area contributed by atoms with Crippen molar-refractivity contribution in [1.29, 1.82) is 0 Å². The number of carboxylic acid groups (broad SMARTS) is 1. The lowest BCUT2D eigenvalue weighted by Gasteiger charge is -2.37. The minimum atomic E-state index is -1.75. The molecule has 2 atom stereocenters. The van der Waals surface area contributed by atoms with Crippen molar-refractivity contribution in [3.8, 4) is 0 Å². The number of rotatable bonds is 11. The highest BCUT2D eigenvalue weighted by molar-refractivity contribution is 7.14. The van der Waals surface area contributed by atoms with Gasteiger partial charge < -0.3 is 36.4 Å². The molecule has 0 saturated carbocycles. The van der Waals surface area contributed by atoms with E-state index in [1.165, 1.54) is 19.2 Å². The molecule has 0 aromatic carbocycles. The van der Waals surface area contributed by atoms with Crippen LogP contribution in [0.25, 0.3) is 0 Å². The van der Waals surface area contributed by atoms with Crippen molar-refractivity contribution < 1.29 is 33.9 Å². The summed E-state index contributed by atoms with van der Waals surface area (Å²) in [5.74, 6) is -2.52. The normalized spacial score (nSPS) is 18.2. The number of amides is 3. The average Bonchev–Trinajstić information content (AvgIpc) is 3.17. The Hall–Kier alpha value is -3.30. The SMILES string of the molecule is CC(C)(C)OC(=O)Nc1nc(C(=NOC(C)(C)C(=O)O)C(=O)N[C@@H]2C(=O)N[C@@H]2CNCCN)cs1. The zero-order valence-corrected chi connectivity index (χ0v) is 20.9. The topological polar surface area (TPSA) is 206 Å². The predicted molar refractivity (Wildman–Crippen MR) is 127 cm³/mol. The molecule has 14 nitrogen and oxygen atoms in total. The summed E-state index contributed by atoms with van der Waals surface area (Å²) in [6.45, 7) is 8.93. The van der Waals surface area contributed by atoms with Crippen LogP contribution in [-0.2, 0) is 24.0 Å². The first-order valence-electron chi connectivity index (χ1n) is 10.7. The van der Waals surface area contributed by atoms with E-state index in [1.807, 2.05) is 0 Å². The van der Waals surface area contributed by atoms with E-state index in [9.17, 15) is 24.3 Å². The van der Waals surface area contributed by atoms with Crippen molar-refractivity contribution in [3.05, 3.63) is 11.1 Å². The second-order valence-electron chi connectivity index (χ2n) is 9.07. The number of aromatic nitrogens is 1. The fourth-order valence-corrected chi connectivity index (χ4v) is 3.26. The van der Waals surface area contributed by atoms with Crippen LogP contribution in [0.1, 0.15) is 40.3 Å². The summed E-state index contributed by atoms with van der Waals surface area (Å²) in [6.07, 6.45) is -0.747. The van der Waals surface area contributed by atoms with Gasteiger partial charge in [-0.05, 0) is 34.6 Å². The van der Waals surface area contributed by atoms with Crippen LogP contribution in [0.15, 0.2) is 10.5 Å². The van der Waals surface area contributed by atoms with Gasteiger partial charge in [0.2, 0.25) is 11.5 Å². The van der Waals surface area contributed by atoms with Gasteiger partial charge in [0.25, 0.3) is 5.91 Å². The molecule has 0 spiro atoms. The predicted octanol–water partition coefficient (Wildman–Crippen LogP) is -0.394. The number of hydrogen-bond acceptors (Lipinski definition) is 11. The third kappa shape index (κ3) is 8.15. The fraction of sp³-hybridized carbons (Fsp3) is 0.600. The first kappa shape index (κ1) is 27.9. The Balaban J connectivity index is 2.22. The molecule has 1 aromatic rings. The van der Waals surface area contributed by atoms with Gasteiger partial charge in [-0.3, -0.25) is 14.9 Å². The maximum absolute atomic E-state index is 13.0. The van der Waals surface area contributed by atoms with Gasteiger partial charge in [-0.25, -0.2) is 14.6 Å². The molecule has 0 unspecified atom stereocenters. The van der Waals surface area contributed by atoms with Crippen LogP contribution in [-0.4, -0.2) is 82.6 Å². The molecule has 7 N–H and O–H groups in total. The highest BCUT2D eigenvalue weighted by atomic mass is 32.1. The molecule has 0 radical (unpaired) electrons. The van der Waals surface area contributed by atoms with Gasteiger partial charge in [0.05, 0.1) is 6.04 Å². The second-order valence-corrected chi connectivity index (χ2v) is 9.93. The number of β-lactam (4-membered cyclic amide) rings is 1. The first-order chi connectivity index (χ1) is 16.2. The Labute approximate surface area is 206 Å². The number of ether oxygens (including phenoxy) is 1. The standard InChI is InChI=1S/C20H31N7O7S/c1-19(2,3)33-18(32)26-17-24-11(9-35-17)13(27-34-20(4,5)16(30)31)15(29)25-12-10(23-14(12)28)8-22-7-6-21/h9-10,12,22H,6-8,21H2,1-5H3,(H,23,28)(H,25,29)(H,30,31)(H,24,26,32)/t10-,12+/m1/s1. The average molecular weight is 514 g/mol. The van der Waals surface area contributed by atoms with Gasteiger partial charge >= 0.3 is 12.1 Å². The summed E-state index contributed by atoms with van der Waals surface area (Å²) in [4.78, 5) is 57.7. The number of carbonyl (C=O) groups is 4. The third-order valence-electron chi connectivity index (χ3n) is 4.43. The van der Waals surface area contributed by atoms with E-state index >= 15 is 0 Å². The van der Waals surface area contributed by atoms with Gasteiger partial charge in [0.15, 0.2) is 10.8 Å². The molecule has 2 heterocycles. The maximum atomic E-state index is 13.0. The Morgan fingerprint density at radius 1 is 1.29 bits per heavy atom. The molecule has 1 aromatic heterocycles. The van der Waals surface area contributed by atoms with Gasteiger partial charge in [-0.15, -0.1) is 11.3 Å². The van der Waals surface area contributed by atoms with E-state index in [-0.39, 0.29) is 22.6 Å². The largest absolute Gasteiger partial charge is 0.478 e. The third-order valence-corrected chi connectivity index (χ3v) is 5.19. The van der Waals surface area contributed by atoms with E-state index in [4.69, 9.17) is 15.3 Å². The van der Waals surface area contributed by atoms with E-state index in [0.717, 1.165) is 11.3 Å². The van der Waals surface area contributed by atoms with Crippen LogP contribution in [0.4, 0.5) is 9.93 Å². The molecule has 1 fully saturated rings. The van der Waals surface area contributed by atoms with Crippen LogP contribution >= 0.6 is 11.3 Å². The Morgan fingerprint density at radius 3 is 2.54 bits per heavy atom. The summed E-state index contributed by atoms with van der Waals surface area (Å²) >= 11 is 0.986. The molecule has 1 aliphatic heterocycles. The lowest BCUT2D eigenvalue weighted by Crippen LogP contribution is -2.72. The van der Waals surface area contributed by atoms with Crippen molar-refractivity contribution in [3.63, 3.8) is 0 Å². The monoisotopic (exact) mass is 513 g/mol. The number of nitrogens with one attached hydrogen (secondary N) is 4. The van der Waals surface area contributed by atoms with Crippen LogP contribution in [0.2, 0.25) is 0 Å². The van der Waals surface area contributed by atoms with Crippen molar-refractivity contribution >= 4 is 46.1 Å². The molecule has 2 rings (SSSR count). The van der Waals surface area contributed by atoms with E-state index < -0.39 is 41.1 Å². The zero-order valence-electron chi connectivity index (χ0n) is 20.1. The number of hydrogen-bond donors (Lipinski definition) is 6. The van der Waals surface area contributed by atoms with Crippen molar-refractivity contribution in [2.24, 2.45) is 10.9 Å². The van der Waals surface area contributed by atoms with Crippen LogP contribution in [0.5, 0.6) is 0 Å². The first-order valence-corrected chi connectivity index (χ1v) is 11.6. The van der Waals surface area contributed by atoms with Gasteiger partial charge in [-0.2, -0.15) is 0 Å². The summed E-state index contributed by atoms with van der Waals surface area (Å²) in [5.41, 5.74) is 2.59. The van der Waals surface area contributed by atoms with Gasteiger partial charge in [0, 0.05) is 25.0 Å². The Kier molecular flexibility index (Phi) is 9.12. The van der Waals surface area contributed by atoms with Crippen LogP contribution < -0.4 is 27.0 Å².